The van der Waals surface area contributed by atoms with Crippen LogP contribution in [0.1, 0.15) is 93.1 Å². The molecule has 1 aliphatic heterocycles. The first kappa shape index (κ1) is 32.4. The second kappa shape index (κ2) is 13.3. The minimum atomic E-state index is -4.11. The number of methoxy groups -OCH3 is 1. The molecule has 10 nitrogen and oxygen atoms in total. The number of amidine groups is 1. The number of benzene rings is 2. The van der Waals surface area contributed by atoms with Crippen LogP contribution in [0, 0.1) is 6.92 Å². The quantitative estimate of drug-likeness (QED) is 0.204. The highest BCUT2D eigenvalue weighted by atomic mass is 32.2. The molecule has 11 heteroatoms. The third kappa shape index (κ3) is 6.00. The lowest BCUT2D eigenvalue weighted by Gasteiger charge is -2.25. The number of carbonyl (C=O) groups is 1. The fourth-order valence-corrected chi connectivity index (χ4v) is 8.56. The summed E-state index contributed by atoms with van der Waals surface area (Å²) in [6.45, 7) is 4.74. The maximum Gasteiger partial charge on any atom is 0.268 e. The monoisotopic (exact) mass is 647 g/mol. The van der Waals surface area contributed by atoms with Crippen LogP contribution in [0.2, 0.25) is 0 Å². The van der Waals surface area contributed by atoms with Crippen LogP contribution in [-0.2, 0) is 32.6 Å². The van der Waals surface area contributed by atoms with Crippen LogP contribution in [0.3, 0.4) is 0 Å². The van der Waals surface area contributed by atoms with Crippen LogP contribution in [-0.4, -0.2) is 56.6 Å². The highest BCUT2D eigenvalue weighted by Gasteiger charge is 2.49. The van der Waals surface area contributed by atoms with Crippen molar-refractivity contribution in [2.75, 3.05) is 25.2 Å². The Hall–Kier alpha value is -3.54. The molecule has 2 aromatic carbocycles. The van der Waals surface area contributed by atoms with Gasteiger partial charge >= 0.3 is 0 Å². The molecule has 3 aliphatic rings. The number of anilines is 1. The third-order valence-corrected chi connectivity index (χ3v) is 11.2. The molecule has 246 valence electrons. The van der Waals surface area contributed by atoms with Crippen molar-refractivity contribution in [1.29, 1.82) is 0 Å². The molecule has 1 spiro atoms. The number of rotatable bonds is 14. The first-order valence-corrected chi connectivity index (χ1v) is 17.9. The molecule has 2 heterocycles. The Kier molecular flexibility index (Phi) is 9.36. The molecule has 0 unspecified atom stereocenters. The number of nitrogens with zero attached hydrogens (tertiary/aromatic N) is 4. The van der Waals surface area contributed by atoms with E-state index in [0.29, 0.717) is 30.2 Å². The lowest BCUT2D eigenvalue weighted by Crippen LogP contribution is -2.40. The summed E-state index contributed by atoms with van der Waals surface area (Å²) in [5, 5.41) is 7.44. The van der Waals surface area contributed by atoms with Crippen molar-refractivity contribution >= 4 is 27.6 Å². The number of unbranched alkanes of at least 4 members (excludes halogenated alkanes) is 1. The van der Waals surface area contributed by atoms with E-state index in [-0.39, 0.29) is 23.5 Å². The van der Waals surface area contributed by atoms with Crippen molar-refractivity contribution in [3.05, 3.63) is 64.9 Å². The number of carbonyl (C=O) groups excluding carboxylic acids is 1. The lowest BCUT2D eigenvalue weighted by molar-refractivity contribution is -0.131. The average molecular weight is 648 g/mol. The molecule has 0 radical (unpaired) electrons. The number of aryl methyl sites for hydroxylation is 1. The van der Waals surface area contributed by atoms with Gasteiger partial charge in [0.2, 0.25) is 0 Å². The first-order valence-electron chi connectivity index (χ1n) is 16.5. The molecule has 1 amide bonds. The summed E-state index contributed by atoms with van der Waals surface area (Å²) >= 11 is 0. The molecule has 2 saturated carbocycles. The number of sulfonamides is 1. The molecule has 1 aromatic heterocycles. The second-order valence-electron chi connectivity index (χ2n) is 12.8. The van der Waals surface area contributed by atoms with E-state index < -0.39 is 15.6 Å². The van der Waals surface area contributed by atoms with Crippen molar-refractivity contribution in [3.63, 3.8) is 0 Å². The smallest absolute Gasteiger partial charge is 0.268 e. The van der Waals surface area contributed by atoms with Gasteiger partial charge in [-0.25, -0.2) is 12.7 Å². The van der Waals surface area contributed by atoms with Crippen LogP contribution >= 0.6 is 0 Å². The summed E-state index contributed by atoms with van der Waals surface area (Å²) in [6.07, 6.45) is 8.49. The van der Waals surface area contributed by atoms with Gasteiger partial charge in [-0.2, -0.15) is 0 Å². The van der Waals surface area contributed by atoms with Crippen molar-refractivity contribution in [2.24, 2.45) is 4.99 Å². The first-order chi connectivity index (χ1) is 22.2. The normalized spacial score (nSPS) is 17.7. The Balaban J connectivity index is 1.36. The summed E-state index contributed by atoms with van der Waals surface area (Å²) < 4.78 is 41.0. The molecule has 2 fully saturated rings. The molecule has 1 N–H and O–H groups in total. The molecule has 0 saturated heterocycles. The maximum absolute atomic E-state index is 14.5. The van der Waals surface area contributed by atoms with Gasteiger partial charge in [-0.3, -0.25) is 14.7 Å². The van der Waals surface area contributed by atoms with Crippen LogP contribution < -0.4 is 9.62 Å². The molecule has 2 aliphatic carbocycles. The zero-order valence-corrected chi connectivity index (χ0v) is 28.2. The predicted octanol–water partition coefficient (Wildman–Crippen LogP) is 6.29. The molecular formula is C35H45N5O5S. The van der Waals surface area contributed by atoms with E-state index in [2.05, 4.69) is 23.5 Å². The fraction of sp³-hybridized carbons (Fsp3) is 0.514. The van der Waals surface area contributed by atoms with Gasteiger partial charge < -0.3 is 14.6 Å². The van der Waals surface area contributed by atoms with Gasteiger partial charge in [0.05, 0.1) is 11.4 Å². The van der Waals surface area contributed by atoms with E-state index in [1.165, 1.54) is 11.4 Å². The van der Waals surface area contributed by atoms with E-state index in [0.717, 1.165) is 85.9 Å². The van der Waals surface area contributed by atoms with E-state index in [1.54, 1.807) is 12.1 Å². The van der Waals surface area contributed by atoms with Crippen molar-refractivity contribution in [2.45, 2.75) is 101 Å². The van der Waals surface area contributed by atoms with E-state index in [9.17, 15) is 13.2 Å². The zero-order chi connectivity index (χ0) is 32.5. The standard InChI is InChI=1S/C35H45N5O5S/c1-5-6-13-31-37-35(18-9-10-19-35)34(41)39(31)22-25-14-17-28(27(20-25)21-36-3)29-11-7-8-12-30(29)46(42,43)40(23-44-4)33-32(26-15-16-26)24(2)45-38-33/h7-8,11-12,14,17,20,26,36H,5-6,9-10,13,15-16,18-19,21-23H2,1-4H3. The lowest BCUT2D eigenvalue weighted by atomic mass is 9.96. The van der Waals surface area contributed by atoms with Gasteiger partial charge in [0.15, 0.2) is 5.82 Å². The third-order valence-electron chi connectivity index (χ3n) is 9.46. The predicted molar refractivity (Wildman–Crippen MR) is 178 cm³/mol. The van der Waals surface area contributed by atoms with Gasteiger partial charge in [-0.05, 0) is 74.8 Å². The molecular weight excluding hydrogens is 602 g/mol. The number of hydrogen-bond acceptors (Lipinski definition) is 8. The van der Waals surface area contributed by atoms with Crippen molar-refractivity contribution in [1.82, 2.24) is 15.4 Å². The summed E-state index contributed by atoms with van der Waals surface area (Å²) in [5.74, 6) is 2.18. The summed E-state index contributed by atoms with van der Waals surface area (Å²) in [7, 11) is -0.768. The van der Waals surface area contributed by atoms with Crippen molar-refractivity contribution in [3.8, 4) is 11.1 Å². The Morgan fingerprint density at radius 2 is 1.89 bits per heavy atom. The summed E-state index contributed by atoms with van der Waals surface area (Å²) in [6, 6.07) is 13.1. The van der Waals surface area contributed by atoms with E-state index in [4.69, 9.17) is 14.3 Å². The Morgan fingerprint density at radius 3 is 2.59 bits per heavy atom. The highest BCUT2D eigenvalue weighted by molar-refractivity contribution is 7.93. The number of ether oxygens (including phenoxy) is 1. The van der Waals surface area contributed by atoms with Crippen LogP contribution in [0.4, 0.5) is 5.82 Å². The van der Waals surface area contributed by atoms with E-state index in [1.807, 2.05) is 43.1 Å². The average Bonchev–Trinajstić information content (AvgIpc) is 3.56. The number of hydrogen-bond donors (Lipinski definition) is 1. The minimum absolute atomic E-state index is 0.124. The maximum atomic E-state index is 14.5. The van der Waals surface area contributed by atoms with Crippen molar-refractivity contribution < 1.29 is 22.5 Å². The minimum Gasteiger partial charge on any atom is -0.363 e. The highest BCUT2D eigenvalue weighted by Crippen LogP contribution is 2.47. The Morgan fingerprint density at radius 1 is 1.13 bits per heavy atom. The van der Waals surface area contributed by atoms with Crippen LogP contribution in [0.5, 0.6) is 0 Å². The van der Waals surface area contributed by atoms with E-state index >= 15 is 0 Å². The molecule has 46 heavy (non-hydrogen) atoms. The van der Waals surface area contributed by atoms with Gasteiger partial charge in [0.25, 0.3) is 15.9 Å². The Bertz CT molecular complexity index is 1720. The number of aliphatic imine (C=N–C) groups is 1. The second-order valence-corrected chi connectivity index (χ2v) is 14.6. The molecule has 0 atom stereocenters. The van der Waals surface area contributed by atoms with Crippen LogP contribution in [0.25, 0.3) is 11.1 Å². The zero-order valence-electron chi connectivity index (χ0n) is 27.3. The summed E-state index contributed by atoms with van der Waals surface area (Å²) in [4.78, 5) is 20.9. The largest absolute Gasteiger partial charge is 0.363 e. The number of aromatic nitrogens is 1. The van der Waals surface area contributed by atoms with Gasteiger partial charge in [0, 0.05) is 31.2 Å². The van der Waals surface area contributed by atoms with Crippen LogP contribution in [0.15, 0.2) is 56.9 Å². The van der Waals surface area contributed by atoms with Gasteiger partial charge in [-0.1, -0.05) is 67.7 Å². The summed E-state index contributed by atoms with van der Waals surface area (Å²) in [5.41, 5.74) is 3.55. The van der Waals surface area contributed by atoms with Gasteiger partial charge in [-0.15, -0.1) is 0 Å². The van der Waals surface area contributed by atoms with Gasteiger partial charge in [0.1, 0.15) is 23.9 Å². The SMILES string of the molecule is CCCCC1=NC2(CCCC2)C(=O)N1Cc1ccc(-c2ccccc2S(=O)(=O)N(COC)c2noc(C)c2C2CC2)c(CNC)c1. The Labute approximate surface area is 272 Å². The number of nitrogens with one attached hydrogen (secondary N) is 1. The fourth-order valence-electron chi connectivity index (χ4n) is 7.01. The topological polar surface area (TPSA) is 117 Å². The molecule has 6 rings (SSSR count). The number of amides is 1. The molecule has 0 bridgehead atoms. The molecule has 3 aromatic rings.